The summed E-state index contributed by atoms with van der Waals surface area (Å²) in [5.41, 5.74) is 1.48. The summed E-state index contributed by atoms with van der Waals surface area (Å²) in [6, 6.07) is 0. The Balaban J connectivity index is 0.00000326. The van der Waals surface area contributed by atoms with E-state index < -0.39 is 17.7 Å². The fourth-order valence-corrected chi connectivity index (χ4v) is 2.86. The molecule has 8 heteroatoms. The molecule has 1 N–H and O–H groups in total. The number of nitrogens with zero attached hydrogens (tertiary/aromatic N) is 1. The van der Waals surface area contributed by atoms with Gasteiger partial charge in [-0.2, -0.15) is 0 Å². The van der Waals surface area contributed by atoms with Crippen molar-refractivity contribution >= 4 is 28.0 Å². The van der Waals surface area contributed by atoms with Crippen LogP contribution in [0.5, 0.6) is 0 Å². The summed E-state index contributed by atoms with van der Waals surface area (Å²) in [4.78, 5) is 24.1. The number of methoxy groups -OCH3 is 1. The number of carbonyl (C=O) groups excluding carboxylic acids is 2. The number of alkyl carbamates (subject to hydrolysis) is 1. The molecule has 0 spiro atoms. The lowest BCUT2D eigenvalue weighted by molar-refractivity contribution is 0.0511. The second-order valence-electron chi connectivity index (χ2n) is 6.47. The first-order valence-corrected chi connectivity index (χ1v) is 9.92. The zero-order valence-electron chi connectivity index (χ0n) is 17.7. The fourth-order valence-electron chi connectivity index (χ4n) is 2.35. The molecular weight excluding hydrogens is 416 g/mol. The van der Waals surface area contributed by atoms with Crippen molar-refractivity contribution in [1.29, 1.82) is 0 Å². The van der Waals surface area contributed by atoms with Gasteiger partial charge >= 0.3 is 12.1 Å². The van der Waals surface area contributed by atoms with Gasteiger partial charge in [0.1, 0.15) is 11.3 Å². The van der Waals surface area contributed by atoms with Gasteiger partial charge in [-0.05, 0) is 56.1 Å². The highest BCUT2D eigenvalue weighted by Crippen LogP contribution is 2.29. The lowest BCUT2D eigenvalue weighted by Gasteiger charge is -2.20. The molecule has 0 aromatic carbocycles. The van der Waals surface area contributed by atoms with E-state index >= 15 is 0 Å². The fraction of sp³-hybridized carbons (Fsp3) is 0.684. The number of carbonyl (C=O) groups is 2. The Bertz CT molecular complexity index is 621. The summed E-state index contributed by atoms with van der Waals surface area (Å²) in [5, 5.41) is 2.69. The third-order valence-corrected chi connectivity index (χ3v) is 4.34. The monoisotopic (exact) mass is 448 g/mol. The zero-order valence-corrected chi connectivity index (χ0v) is 19.3. The van der Waals surface area contributed by atoms with Crippen LogP contribution in [-0.2, 0) is 27.4 Å². The Morgan fingerprint density at radius 1 is 1.22 bits per heavy atom. The molecule has 0 saturated heterocycles. The summed E-state index contributed by atoms with van der Waals surface area (Å²) in [6.45, 7) is 14.3. The number of nitrogens with one attached hydrogen (secondary N) is 1. The maximum Gasteiger partial charge on any atom is 0.407 e. The molecule has 0 bridgehead atoms. The molecular formula is C19H33BrN2O5. The number of hydrogen-bond donors (Lipinski definition) is 1. The van der Waals surface area contributed by atoms with Crippen LogP contribution in [0.15, 0.2) is 4.47 Å². The van der Waals surface area contributed by atoms with Gasteiger partial charge in [-0.3, -0.25) is 0 Å². The quantitative estimate of drug-likeness (QED) is 0.623. The van der Waals surface area contributed by atoms with Crippen LogP contribution in [0.2, 0.25) is 0 Å². The summed E-state index contributed by atoms with van der Waals surface area (Å²) >= 11 is 3.51. The van der Waals surface area contributed by atoms with Gasteiger partial charge in [-0.1, -0.05) is 13.8 Å². The first-order valence-electron chi connectivity index (χ1n) is 9.12. The molecule has 1 amide bonds. The molecule has 0 atom stereocenters. The van der Waals surface area contributed by atoms with Crippen LogP contribution in [0.3, 0.4) is 0 Å². The van der Waals surface area contributed by atoms with Crippen molar-refractivity contribution < 1.29 is 23.8 Å². The third-order valence-electron chi connectivity index (χ3n) is 3.29. The van der Waals surface area contributed by atoms with E-state index in [9.17, 15) is 9.59 Å². The molecule has 1 aromatic rings. The Morgan fingerprint density at radius 2 is 1.81 bits per heavy atom. The van der Waals surface area contributed by atoms with Gasteiger partial charge in [0.25, 0.3) is 0 Å². The molecule has 27 heavy (non-hydrogen) atoms. The van der Waals surface area contributed by atoms with Gasteiger partial charge in [-0.15, -0.1) is 0 Å². The van der Waals surface area contributed by atoms with Gasteiger partial charge < -0.3 is 24.1 Å². The summed E-state index contributed by atoms with van der Waals surface area (Å²) in [6.07, 6.45) is -0.499. The number of hydrogen-bond acceptors (Lipinski definition) is 5. The van der Waals surface area contributed by atoms with E-state index in [1.165, 1.54) is 0 Å². The second kappa shape index (κ2) is 12.0. The highest BCUT2D eigenvalue weighted by molar-refractivity contribution is 9.10. The predicted molar refractivity (Wildman–Crippen MR) is 109 cm³/mol. The number of amides is 1. The van der Waals surface area contributed by atoms with Crippen LogP contribution < -0.4 is 5.32 Å². The zero-order chi connectivity index (χ0) is 21.2. The normalized spacial score (nSPS) is 10.7. The minimum Gasteiger partial charge on any atom is -0.461 e. The van der Waals surface area contributed by atoms with Crippen molar-refractivity contribution in [3.8, 4) is 0 Å². The Kier molecular flexibility index (Phi) is 11.3. The van der Waals surface area contributed by atoms with Crippen molar-refractivity contribution in [2.24, 2.45) is 0 Å². The molecule has 0 saturated carbocycles. The summed E-state index contributed by atoms with van der Waals surface area (Å²) in [5.74, 6) is -0.402. The van der Waals surface area contributed by atoms with Crippen molar-refractivity contribution in [1.82, 2.24) is 9.88 Å². The van der Waals surface area contributed by atoms with E-state index in [4.69, 9.17) is 14.2 Å². The summed E-state index contributed by atoms with van der Waals surface area (Å²) in [7, 11) is 1.59. The smallest absolute Gasteiger partial charge is 0.407 e. The first kappa shape index (κ1) is 25.5. The number of halogens is 1. The van der Waals surface area contributed by atoms with Gasteiger partial charge in [0, 0.05) is 24.7 Å². The Morgan fingerprint density at radius 3 is 2.30 bits per heavy atom. The van der Waals surface area contributed by atoms with E-state index in [0.717, 1.165) is 15.7 Å². The van der Waals surface area contributed by atoms with E-state index in [-0.39, 0.29) is 6.61 Å². The van der Waals surface area contributed by atoms with E-state index in [1.807, 2.05) is 20.8 Å². The van der Waals surface area contributed by atoms with Crippen molar-refractivity contribution in [2.45, 2.75) is 67.2 Å². The molecule has 1 heterocycles. The van der Waals surface area contributed by atoms with Crippen LogP contribution in [0.4, 0.5) is 4.79 Å². The lowest BCUT2D eigenvalue weighted by Crippen LogP contribution is -2.34. The van der Waals surface area contributed by atoms with Crippen molar-refractivity contribution in [3.05, 3.63) is 21.4 Å². The third kappa shape index (κ3) is 7.92. The lowest BCUT2D eigenvalue weighted by atomic mass is 10.2. The Labute approximate surface area is 170 Å². The van der Waals surface area contributed by atoms with E-state index in [0.29, 0.717) is 25.4 Å². The van der Waals surface area contributed by atoms with Crippen LogP contribution >= 0.6 is 15.9 Å². The number of rotatable bonds is 7. The van der Waals surface area contributed by atoms with Crippen LogP contribution in [0, 0.1) is 6.92 Å². The summed E-state index contributed by atoms with van der Waals surface area (Å²) < 4.78 is 18.2. The molecule has 156 valence electrons. The molecule has 1 rings (SSSR count). The average molecular weight is 449 g/mol. The van der Waals surface area contributed by atoms with Crippen LogP contribution in [-0.4, -0.2) is 42.5 Å². The second-order valence-corrected chi connectivity index (χ2v) is 7.26. The molecule has 0 fully saturated rings. The topological polar surface area (TPSA) is 78.8 Å². The Hall–Kier alpha value is -1.54. The first-order chi connectivity index (χ1) is 12.6. The minimum atomic E-state index is -0.561. The largest absolute Gasteiger partial charge is 0.461 e. The molecule has 0 radical (unpaired) electrons. The highest BCUT2D eigenvalue weighted by Gasteiger charge is 2.24. The van der Waals surface area contributed by atoms with E-state index in [1.54, 1.807) is 39.4 Å². The van der Waals surface area contributed by atoms with Gasteiger partial charge in [0.2, 0.25) is 0 Å². The molecule has 7 nitrogen and oxygen atoms in total. The number of ether oxygens (including phenoxy) is 3. The van der Waals surface area contributed by atoms with Crippen LogP contribution in [0.25, 0.3) is 0 Å². The molecule has 1 aromatic heterocycles. The SMILES string of the molecule is CC.CCOC(=O)c1c(C)c(Br)c(COC)n1CCNC(=O)OC(C)(C)C. The maximum atomic E-state index is 12.3. The van der Waals surface area contributed by atoms with Gasteiger partial charge in [-0.25, -0.2) is 9.59 Å². The highest BCUT2D eigenvalue weighted by atomic mass is 79.9. The van der Waals surface area contributed by atoms with Crippen molar-refractivity contribution in [2.75, 3.05) is 20.3 Å². The standard InChI is InChI=1S/C17H27BrN2O5.C2H6/c1-7-24-15(21)14-11(2)13(18)12(10-23-6)20(14)9-8-19-16(22)25-17(3,4)5;1-2/h7-10H2,1-6H3,(H,19,22);1-2H3. The predicted octanol–water partition coefficient (Wildman–Crippen LogP) is 4.43. The molecule has 0 aliphatic carbocycles. The van der Waals surface area contributed by atoms with Gasteiger partial charge in [0.15, 0.2) is 0 Å². The number of aromatic nitrogens is 1. The van der Waals surface area contributed by atoms with Gasteiger partial charge in [0.05, 0.1) is 18.9 Å². The molecule has 0 unspecified atom stereocenters. The molecule has 0 aliphatic heterocycles. The maximum absolute atomic E-state index is 12.3. The minimum absolute atomic E-state index is 0.289. The van der Waals surface area contributed by atoms with Crippen molar-refractivity contribution in [3.63, 3.8) is 0 Å². The van der Waals surface area contributed by atoms with Crippen LogP contribution in [0.1, 0.15) is 63.3 Å². The average Bonchev–Trinajstić information content (AvgIpc) is 2.80. The van der Waals surface area contributed by atoms with E-state index in [2.05, 4.69) is 21.2 Å². The molecule has 0 aliphatic rings. The number of esters is 1.